The molecule has 0 radical (unpaired) electrons. The van der Waals surface area contributed by atoms with Gasteiger partial charge >= 0.3 is 0 Å². The first-order chi connectivity index (χ1) is 7.72. The molecule has 0 aliphatic heterocycles. The van der Waals surface area contributed by atoms with Crippen LogP contribution < -0.4 is 15.2 Å². The molecule has 0 spiro atoms. The Morgan fingerprint density at radius 1 is 1.31 bits per heavy atom. The van der Waals surface area contributed by atoms with Crippen LogP contribution in [-0.2, 0) is 0 Å². The molecule has 0 saturated heterocycles. The summed E-state index contributed by atoms with van der Waals surface area (Å²) in [6, 6.07) is 5.78. The molecule has 0 heterocycles. The first-order valence-electron chi connectivity index (χ1n) is 5.31. The average Bonchev–Trinajstić information content (AvgIpc) is 2.34. The quantitative estimate of drug-likeness (QED) is 0.751. The van der Waals surface area contributed by atoms with E-state index in [-0.39, 0.29) is 6.04 Å². The minimum absolute atomic E-state index is 0.0119. The van der Waals surface area contributed by atoms with Gasteiger partial charge in [-0.1, -0.05) is 12.1 Å². The molecule has 3 nitrogen and oxygen atoms in total. The molecule has 0 bridgehead atoms. The normalized spacial score (nSPS) is 11.9. The minimum atomic E-state index is 0.0119. The maximum atomic E-state index is 6.05. The van der Waals surface area contributed by atoms with Crippen LogP contribution in [0.1, 0.15) is 24.4 Å². The highest BCUT2D eigenvalue weighted by atomic mass is 16.5. The van der Waals surface area contributed by atoms with Gasteiger partial charge in [-0.3, -0.25) is 0 Å². The molecule has 0 unspecified atom stereocenters. The van der Waals surface area contributed by atoms with Gasteiger partial charge in [0, 0.05) is 6.04 Å². The smallest absolute Gasteiger partial charge is 0.161 e. The highest BCUT2D eigenvalue weighted by molar-refractivity contribution is 5.43. The Morgan fingerprint density at radius 2 is 2.00 bits per heavy atom. The number of benzene rings is 1. The number of allylic oxidation sites excluding steroid dienone is 1. The molecule has 0 amide bonds. The van der Waals surface area contributed by atoms with Crippen LogP contribution in [-0.4, -0.2) is 14.2 Å². The lowest BCUT2D eigenvalue weighted by Gasteiger charge is -2.14. The molecule has 2 N–H and O–H groups in total. The van der Waals surface area contributed by atoms with Crippen LogP contribution in [0.4, 0.5) is 0 Å². The van der Waals surface area contributed by atoms with Gasteiger partial charge in [-0.05, 0) is 30.5 Å². The van der Waals surface area contributed by atoms with Crippen molar-refractivity contribution in [2.75, 3.05) is 14.2 Å². The fourth-order valence-electron chi connectivity index (χ4n) is 1.55. The predicted octanol–water partition coefficient (Wildman–Crippen LogP) is 2.67. The Balaban J connectivity index is 2.85. The molecule has 1 aromatic rings. The molecular formula is C13H19NO2. The van der Waals surface area contributed by atoms with E-state index in [2.05, 4.69) is 6.58 Å². The summed E-state index contributed by atoms with van der Waals surface area (Å²) in [4.78, 5) is 0. The standard InChI is InChI=1S/C13H19NO2/c1-4-5-6-11(14)10-7-8-12(15-2)13(9-10)16-3/h4,7-9,11H,1,5-6,14H2,2-3H3/t11-/m1/s1. The van der Waals surface area contributed by atoms with Crippen LogP contribution in [0.3, 0.4) is 0 Å². The SMILES string of the molecule is C=CCC[C@@H](N)c1ccc(OC)c(OC)c1. The third-order valence-corrected chi connectivity index (χ3v) is 2.52. The second kappa shape index (κ2) is 6.18. The number of hydrogen-bond acceptors (Lipinski definition) is 3. The van der Waals surface area contributed by atoms with E-state index < -0.39 is 0 Å². The maximum absolute atomic E-state index is 6.05. The second-order valence-corrected chi connectivity index (χ2v) is 3.59. The van der Waals surface area contributed by atoms with Crippen LogP contribution in [0, 0.1) is 0 Å². The predicted molar refractivity (Wildman–Crippen MR) is 65.9 cm³/mol. The Morgan fingerprint density at radius 3 is 2.56 bits per heavy atom. The van der Waals surface area contributed by atoms with E-state index >= 15 is 0 Å². The van der Waals surface area contributed by atoms with Crippen LogP contribution in [0.2, 0.25) is 0 Å². The summed E-state index contributed by atoms with van der Waals surface area (Å²) in [5.41, 5.74) is 7.11. The van der Waals surface area contributed by atoms with Crippen LogP contribution in [0.5, 0.6) is 11.5 Å². The van der Waals surface area contributed by atoms with Crippen molar-refractivity contribution in [2.24, 2.45) is 5.73 Å². The zero-order valence-corrected chi connectivity index (χ0v) is 9.90. The van der Waals surface area contributed by atoms with E-state index in [1.807, 2.05) is 24.3 Å². The third kappa shape index (κ3) is 3.00. The number of hydrogen-bond donors (Lipinski definition) is 1. The Kier molecular flexibility index (Phi) is 4.86. The third-order valence-electron chi connectivity index (χ3n) is 2.52. The zero-order valence-electron chi connectivity index (χ0n) is 9.90. The van der Waals surface area contributed by atoms with Gasteiger partial charge in [-0.15, -0.1) is 6.58 Å². The van der Waals surface area contributed by atoms with E-state index in [4.69, 9.17) is 15.2 Å². The van der Waals surface area contributed by atoms with Gasteiger partial charge in [-0.2, -0.15) is 0 Å². The van der Waals surface area contributed by atoms with E-state index in [9.17, 15) is 0 Å². The number of rotatable bonds is 6. The highest BCUT2D eigenvalue weighted by Crippen LogP contribution is 2.30. The van der Waals surface area contributed by atoms with Crippen molar-refractivity contribution in [3.05, 3.63) is 36.4 Å². The molecule has 0 aromatic heterocycles. The van der Waals surface area contributed by atoms with Gasteiger partial charge in [0.25, 0.3) is 0 Å². The summed E-state index contributed by atoms with van der Waals surface area (Å²) < 4.78 is 10.4. The molecule has 88 valence electrons. The first kappa shape index (κ1) is 12.6. The molecule has 0 fully saturated rings. The fourth-order valence-corrected chi connectivity index (χ4v) is 1.55. The maximum Gasteiger partial charge on any atom is 0.161 e. The van der Waals surface area contributed by atoms with Crippen LogP contribution in [0.15, 0.2) is 30.9 Å². The Bertz CT molecular complexity index is 350. The molecule has 1 aromatic carbocycles. The van der Waals surface area contributed by atoms with Crippen molar-refractivity contribution in [1.82, 2.24) is 0 Å². The molecule has 1 rings (SSSR count). The molecule has 16 heavy (non-hydrogen) atoms. The van der Waals surface area contributed by atoms with Crippen molar-refractivity contribution in [3.8, 4) is 11.5 Å². The van der Waals surface area contributed by atoms with Gasteiger partial charge in [0.2, 0.25) is 0 Å². The Labute approximate surface area is 96.9 Å². The fraction of sp³-hybridized carbons (Fsp3) is 0.385. The largest absolute Gasteiger partial charge is 0.493 e. The monoisotopic (exact) mass is 221 g/mol. The molecule has 3 heteroatoms. The second-order valence-electron chi connectivity index (χ2n) is 3.59. The van der Waals surface area contributed by atoms with Crippen molar-refractivity contribution in [3.63, 3.8) is 0 Å². The number of nitrogens with two attached hydrogens (primary N) is 1. The average molecular weight is 221 g/mol. The minimum Gasteiger partial charge on any atom is -0.493 e. The van der Waals surface area contributed by atoms with E-state index in [0.29, 0.717) is 5.75 Å². The lowest BCUT2D eigenvalue weighted by molar-refractivity contribution is 0.354. The van der Waals surface area contributed by atoms with Gasteiger partial charge in [0.15, 0.2) is 11.5 Å². The molecule has 1 atom stereocenters. The first-order valence-corrected chi connectivity index (χ1v) is 5.31. The molecular weight excluding hydrogens is 202 g/mol. The van der Waals surface area contributed by atoms with Crippen molar-refractivity contribution >= 4 is 0 Å². The lowest BCUT2D eigenvalue weighted by atomic mass is 10.0. The van der Waals surface area contributed by atoms with Gasteiger partial charge in [0.1, 0.15) is 0 Å². The molecule has 0 aliphatic carbocycles. The summed E-state index contributed by atoms with van der Waals surface area (Å²) in [6.07, 6.45) is 3.68. The summed E-state index contributed by atoms with van der Waals surface area (Å²) >= 11 is 0. The topological polar surface area (TPSA) is 44.5 Å². The van der Waals surface area contributed by atoms with Crippen molar-refractivity contribution < 1.29 is 9.47 Å². The van der Waals surface area contributed by atoms with Gasteiger partial charge in [0.05, 0.1) is 14.2 Å². The highest BCUT2D eigenvalue weighted by Gasteiger charge is 2.09. The zero-order chi connectivity index (χ0) is 12.0. The van der Waals surface area contributed by atoms with Crippen LogP contribution in [0.25, 0.3) is 0 Å². The number of ether oxygens (including phenoxy) is 2. The van der Waals surface area contributed by atoms with E-state index in [1.54, 1.807) is 14.2 Å². The van der Waals surface area contributed by atoms with E-state index in [0.717, 1.165) is 24.2 Å². The molecule has 0 saturated carbocycles. The van der Waals surface area contributed by atoms with Crippen molar-refractivity contribution in [1.29, 1.82) is 0 Å². The summed E-state index contributed by atoms with van der Waals surface area (Å²) in [6.45, 7) is 3.69. The summed E-state index contributed by atoms with van der Waals surface area (Å²) in [5, 5.41) is 0. The van der Waals surface area contributed by atoms with Gasteiger partial charge in [-0.25, -0.2) is 0 Å². The summed E-state index contributed by atoms with van der Waals surface area (Å²) in [5.74, 6) is 1.44. The van der Waals surface area contributed by atoms with Gasteiger partial charge < -0.3 is 15.2 Å². The lowest BCUT2D eigenvalue weighted by Crippen LogP contribution is -2.10. The Hall–Kier alpha value is -1.48. The summed E-state index contributed by atoms with van der Waals surface area (Å²) in [7, 11) is 3.24. The van der Waals surface area contributed by atoms with E-state index in [1.165, 1.54) is 0 Å². The van der Waals surface area contributed by atoms with Crippen molar-refractivity contribution in [2.45, 2.75) is 18.9 Å². The van der Waals surface area contributed by atoms with Crippen LogP contribution >= 0.6 is 0 Å². The number of methoxy groups -OCH3 is 2. The molecule has 0 aliphatic rings.